The maximum Gasteiger partial charge on any atom is 0.244 e. The van der Waals surface area contributed by atoms with Crippen molar-refractivity contribution in [2.45, 2.75) is 20.0 Å². The van der Waals surface area contributed by atoms with Crippen LogP contribution in [0, 0.1) is 0 Å². The standard InChI is InChI=1S/C12H16N4OS/c1-2-15(8-11-4-3-5-18-11)12(17)9-16-7-10(13)6-14-16/h3-7H,2,8-9,13H2,1H3. The van der Waals surface area contributed by atoms with Gasteiger partial charge in [-0.1, -0.05) is 6.07 Å². The van der Waals surface area contributed by atoms with Gasteiger partial charge >= 0.3 is 0 Å². The van der Waals surface area contributed by atoms with Crippen molar-refractivity contribution < 1.29 is 4.79 Å². The van der Waals surface area contributed by atoms with Crippen LogP contribution in [0.2, 0.25) is 0 Å². The van der Waals surface area contributed by atoms with Crippen molar-refractivity contribution in [1.29, 1.82) is 0 Å². The number of rotatable bonds is 5. The molecule has 0 aliphatic heterocycles. The number of nitrogens with zero attached hydrogens (tertiary/aromatic N) is 3. The van der Waals surface area contributed by atoms with Crippen LogP contribution in [0.5, 0.6) is 0 Å². The van der Waals surface area contributed by atoms with Crippen LogP contribution in [-0.2, 0) is 17.9 Å². The van der Waals surface area contributed by atoms with E-state index in [0.29, 0.717) is 18.8 Å². The van der Waals surface area contributed by atoms with Gasteiger partial charge in [-0.05, 0) is 18.4 Å². The summed E-state index contributed by atoms with van der Waals surface area (Å²) in [4.78, 5) is 15.1. The minimum absolute atomic E-state index is 0.0500. The molecule has 0 saturated carbocycles. The highest BCUT2D eigenvalue weighted by Gasteiger charge is 2.13. The largest absolute Gasteiger partial charge is 0.396 e. The second-order valence-corrected chi connectivity index (χ2v) is 4.99. The fourth-order valence-corrected chi connectivity index (χ4v) is 2.39. The Bertz CT molecular complexity index is 506. The minimum Gasteiger partial charge on any atom is -0.396 e. The molecule has 0 spiro atoms. The van der Waals surface area contributed by atoms with Gasteiger partial charge in [-0.2, -0.15) is 5.10 Å². The molecule has 0 unspecified atom stereocenters. The SMILES string of the molecule is CCN(Cc1cccs1)C(=O)Cn1cc(N)cn1. The molecule has 0 radical (unpaired) electrons. The van der Waals surface area contributed by atoms with Crippen LogP contribution < -0.4 is 5.73 Å². The molecule has 0 bridgehead atoms. The molecule has 5 nitrogen and oxygen atoms in total. The molecule has 2 aromatic rings. The molecule has 2 rings (SSSR count). The number of likely N-dealkylation sites (N-methyl/N-ethyl adjacent to an activating group) is 1. The monoisotopic (exact) mass is 264 g/mol. The summed E-state index contributed by atoms with van der Waals surface area (Å²) in [6, 6.07) is 4.03. The van der Waals surface area contributed by atoms with E-state index in [9.17, 15) is 4.79 Å². The van der Waals surface area contributed by atoms with E-state index >= 15 is 0 Å². The molecule has 0 fully saturated rings. The number of carbonyl (C=O) groups excluding carboxylic acids is 1. The van der Waals surface area contributed by atoms with E-state index in [2.05, 4.69) is 5.10 Å². The summed E-state index contributed by atoms with van der Waals surface area (Å²) in [5.74, 6) is 0.0500. The van der Waals surface area contributed by atoms with E-state index in [0.717, 1.165) is 0 Å². The van der Waals surface area contributed by atoms with Gasteiger partial charge in [-0.15, -0.1) is 11.3 Å². The fraction of sp³-hybridized carbons (Fsp3) is 0.333. The van der Waals surface area contributed by atoms with Crippen molar-refractivity contribution in [2.75, 3.05) is 12.3 Å². The van der Waals surface area contributed by atoms with Crippen LogP contribution in [0.3, 0.4) is 0 Å². The predicted molar refractivity (Wildman–Crippen MR) is 72.0 cm³/mol. The molecule has 1 amide bonds. The molecule has 18 heavy (non-hydrogen) atoms. The number of thiophene rings is 1. The first kappa shape index (κ1) is 12.6. The zero-order valence-electron chi connectivity index (χ0n) is 10.2. The summed E-state index contributed by atoms with van der Waals surface area (Å²) < 4.78 is 1.56. The second kappa shape index (κ2) is 5.68. The molecule has 0 atom stereocenters. The smallest absolute Gasteiger partial charge is 0.244 e. The van der Waals surface area contributed by atoms with Crippen LogP contribution in [0.1, 0.15) is 11.8 Å². The number of carbonyl (C=O) groups is 1. The van der Waals surface area contributed by atoms with Crippen molar-refractivity contribution in [3.63, 3.8) is 0 Å². The Hall–Kier alpha value is -1.82. The van der Waals surface area contributed by atoms with E-state index in [1.807, 2.05) is 29.3 Å². The lowest BCUT2D eigenvalue weighted by atomic mass is 10.4. The van der Waals surface area contributed by atoms with Crippen LogP contribution in [0.4, 0.5) is 5.69 Å². The third kappa shape index (κ3) is 3.10. The molecule has 6 heteroatoms. The molecule has 96 valence electrons. The average molecular weight is 264 g/mol. The van der Waals surface area contributed by atoms with E-state index in [-0.39, 0.29) is 12.5 Å². The maximum atomic E-state index is 12.1. The van der Waals surface area contributed by atoms with Gasteiger partial charge in [0.15, 0.2) is 0 Å². The van der Waals surface area contributed by atoms with Gasteiger partial charge in [0.25, 0.3) is 0 Å². The van der Waals surface area contributed by atoms with Crippen LogP contribution in [-0.4, -0.2) is 27.1 Å². The number of hydrogen-bond acceptors (Lipinski definition) is 4. The molecule has 0 saturated heterocycles. The number of anilines is 1. The molecule has 2 N–H and O–H groups in total. The Morgan fingerprint density at radius 1 is 1.61 bits per heavy atom. The van der Waals surface area contributed by atoms with Crippen molar-refractivity contribution in [3.05, 3.63) is 34.8 Å². The first-order chi connectivity index (χ1) is 8.69. The normalized spacial score (nSPS) is 10.5. The quantitative estimate of drug-likeness (QED) is 0.891. The lowest BCUT2D eigenvalue weighted by Gasteiger charge is -2.20. The van der Waals surface area contributed by atoms with Crippen molar-refractivity contribution >= 4 is 22.9 Å². The molecule has 0 aliphatic carbocycles. The highest BCUT2D eigenvalue weighted by Crippen LogP contribution is 2.12. The van der Waals surface area contributed by atoms with E-state index < -0.39 is 0 Å². The third-order valence-electron chi connectivity index (χ3n) is 2.61. The summed E-state index contributed by atoms with van der Waals surface area (Å²) in [6.45, 7) is 3.55. The molecule has 2 aromatic heterocycles. The van der Waals surface area contributed by atoms with Gasteiger partial charge < -0.3 is 10.6 Å². The number of nitrogens with two attached hydrogens (primary N) is 1. The Balaban J connectivity index is 1.97. The van der Waals surface area contributed by atoms with Crippen LogP contribution in [0.15, 0.2) is 29.9 Å². The summed E-state index contributed by atoms with van der Waals surface area (Å²) >= 11 is 1.66. The fourth-order valence-electron chi connectivity index (χ4n) is 1.67. The van der Waals surface area contributed by atoms with Gasteiger partial charge in [0.1, 0.15) is 6.54 Å². The van der Waals surface area contributed by atoms with E-state index in [1.54, 1.807) is 28.4 Å². The lowest BCUT2D eigenvalue weighted by molar-refractivity contribution is -0.132. The third-order valence-corrected chi connectivity index (χ3v) is 3.47. The molecule has 0 aromatic carbocycles. The number of amides is 1. The average Bonchev–Trinajstić information content (AvgIpc) is 2.97. The van der Waals surface area contributed by atoms with Gasteiger partial charge in [0, 0.05) is 17.6 Å². The van der Waals surface area contributed by atoms with Gasteiger partial charge in [-0.3, -0.25) is 9.48 Å². The summed E-state index contributed by atoms with van der Waals surface area (Å²) in [7, 11) is 0. The lowest BCUT2D eigenvalue weighted by Crippen LogP contribution is -2.33. The Labute approximate surface area is 110 Å². The number of nitrogen functional groups attached to an aromatic ring is 1. The molecular formula is C12H16N4OS. The topological polar surface area (TPSA) is 64.2 Å². The van der Waals surface area contributed by atoms with Gasteiger partial charge in [-0.25, -0.2) is 0 Å². The van der Waals surface area contributed by atoms with E-state index in [4.69, 9.17) is 5.73 Å². The summed E-state index contributed by atoms with van der Waals surface area (Å²) in [6.07, 6.45) is 3.21. The number of hydrogen-bond donors (Lipinski definition) is 1. The highest BCUT2D eigenvalue weighted by molar-refractivity contribution is 7.09. The first-order valence-electron chi connectivity index (χ1n) is 5.77. The molecular weight excluding hydrogens is 248 g/mol. The predicted octanol–water partition coefficient (Wildman–Crippen LogP) is 1.58. The zero-order chi connectivity index (χ0) is 13.0. The van der Waals surface area contributed by atoms with Gasteiger partial charge in [0.05, 0.1) is 18.4 Å². The zero-order valence-corrected chi connectivity index (χ0v) is 11.1. The minimum atomic E-state index is 0.0500. The van der Waals surface area contributed by atoms with E-state index in [1.165, 1.54) is 4.88 Å². The number of aromatic nitrogens is 2. The van der Waals surface area contributed by atoms with Gasteiger partial charge in [0.2, 0.25) is 5.91 Å². The molecule has 2 heterocycles. The summed E-state index contributed by atoms with van der Waals surface area (Å²) in [5.41, 5.74) is 6.14. The van der Waals surface area contributed by atoms with Crippen LogP contribution in [0.25, 0.3) is 0 Å². The maximum absolute atomic E-state index is 12.1. The van der Waals surface area contributed by atoms with Crippen molar-refractivity contribution in [2.24, 2.45) is 0 Å². The Morgan fingerprint density at radius 3 is 3.00 bits per heavy atom. The highest BCUT2D eigenvalue weighted by atomic mass is 32.1. The summed E-state index contributed by atoms with van der Waals surface area (Å²) in [5, 5.41) is 6.03. The van der Waals surface area contributed by atoms with Crippen molar-refractivity contribution in [1.82, 2.24) is 14.7 Å². The van der Waals surface area contributed by atoms with Crippen LogP contribution >= 0.6 is 11.3 Å². The Kier molecular flexibility index (Phi) is 3.99. The Morgan fingerprint density at radius 2 is 2.44 bits per heavy atom. The first-order valence-corrected chi connectivity index (χ1v) is 6.65. The molecule has 0 aliphatic rings. The van der Waals surface area contributed by atoms with Crippen molar-refractivity contribution in [3.8, 4) is 0 Å². The second-order valence-electron chi connectivity index (χ2n) is 3.96.